The molecule has 8 heteroatoms. The van der Waals surface area contributed by atoms with Crippen molar-refractivity contribution >= 4 is 33.6 Å². The number of nitrogens with one attached hydrogen (secondary N) is 1. The number of amides is 2. The second kappa shape index (κ2) is 5.76. The Morgan fingerprint density at radius 3 is 2.75 bits per heavy atom. The Morgan fingerprint density at radius 2 is 2.15 bits per heavy atom. The highest BCUT2D eigenvalue weighted by molar-refractivity contribution is 9.10. The van der Waals surface area contributed by atoms with Crippen LogP contribution in [0.4, 0.5) is 14.9 Å². The normalized spacial score (nSPS) is 21.9. The maximum atomic E-state index is 13.3. The number of hydrogen-bond acceptors (Lipinski definition) is 3. The number of hydrogen-bond donors (Lipinski definition) is 3. The average Bonchev–Trinajstić information content (AvgIpc) is 2.76. The lowest BCUT2D eigenvalue weighted by molar-refractivity contribution is -0.141. The molecule has 1 aliphatic heterocycles. The van der Waals surface area contributed by atoms with Crippen molar-refractivity contribution in [2.24, 2.45) is 0 Å². The van der Waals surface area contributed by atoms with Crippen LogP contribution in [0, 0.1) is 5.82 Å². The van der Waals surface area contributed by atoms with E-state index in [1.807, 2.05) is 0 Å². The Hall–Kier alpha value is -1.67. The molecule has 1 aromatic rings. The van der Waals surface area contributed by atoms with E-state index in [2.05, 4.69) is 21.2 Å². The summed E-state index contributed by atoms with van der Waals surface area (Å²) in [6.45, 7) is -0.0676. The van der Waals surface area contributed by atoms with E-state index in [0.717, 1.165) is 11.0 Å². The van der Waals surface area contributed by atoms with E-state index >= 15 is 0 Å². The number of nitrogens with zero attached hydrogens (tertiary/aromatic N) is 1. The third-order valence-electron chi connectivity index (χ3n) is 3.00. The van der Waals surface area contributed by atoms with Gasteiger partial charge < -0.3 is 20.4 Å². The molecule has 3 N–H and O–H groups in total. The molecule has 108 valence electrons. The molecular weight excluding hydrogens is 335 g/mol. The first-order chi connectivity index (χ1) is 9.38. The molecule has 1 aromatic carbocycles. The Balaban J connectivity index is 2.11. The number of urea groups is 1. The summed E-state index contributed by atoms with van der Waals surface area (Å²) < 4.78 is 13.6. The molecule has 2 unspecified atom stereocenters. The third-order valence-corrected chi connectivity index (χ3v) is 3.64. The van der Waals surface area contributed by atoms with Gasteiger partial charge in [0.15, 0.2) is 0 Å². The number of carbonyl (C=O) groups is 2. The second-order valence-corrected chi connectivity index (χ2v) is 5.31. The van der Waals surface area contributed by atoms with Crippen LogP contribution in [0.2, 0.25) is 0 Å². The fourth-order valence-corrected chi connectivity index (χ4v) is 2.29. The molecule has 2 amide bonds. The predicted octanol–water partition coefficient (Wildman–Crippen LogP) is 1.64. The van der Waals surface area contributed by atoms with Crippen molar-refractivity contribution in [2.45, 2.75) is 18.6 Å². The zero-order chi connectivity index (χ0) is 14.9. The zero-order valence-corrected chi connectivity index (χ0v) is 11.8. The highest BCUT2D eigenvalue weighted by Crippen LogP contribution is 2.22. The zero-order valence-electron chi connectivity index (χ0n) is 10.2. The van der Waals surface area contributed by atoms with Gasteiger partial charge in [-0.05, 0) is 34.1 Å². The van der Waals surface area contributed by atoms with Gasteiger partial charge >= 0.3 is 12.0 Å². The van der Waals surface area contributed by atoms with E-state index in [-0.39, 0.29) is 23.1 Å². The van der Waals surface area contributed by atoms with Crippen LogP contribution in [0.5, 0.6) is 0 Å². The molecule has 1 heterocycles. The van der Waals surface area contributed by atoms with Crippen molar-refractivity contribution in [2.75, 3.05) is 11.9 Å². The molecule has 0 radical (unpaired) electrons. The summed E-state index contributed by atoms with van der Waals surface area (Å²) in [7, 11) is 0. The van der Waals surface area contributed by atoms with Gasteiger partial charge in [0, 0.05) is 18.7 Å². The van der Waals surface area contributed by atoms with E-state index in [0.29, 0.717) is 0 Å². The minimum absolute atomic E-state index is 0.0164. The van der Waals surface area contributed by atoms with Crippen LogP contribution < -0.4 is 5.32 Å². The molecule has 1 saturated heterocycles. The van der Waals surface area contributed by atoms with Crippen molar-refractivity contribution in [3.05, 3.63) is 28.5 Å². The van der Waals surface area contributed by atoms with Crippen LogP contribution in [0.3, 0.4) is 0 Å². The van der Waals surface area contributed by atoms with Crippen molar-refractivity contribution in [1.29, 1.82) is 0 Å². The fraction of sp³-hybridized carbons (Fsp3) is 0.333. The molecule has 2 atom stereocenters. The van der Waals surface area contributed by atoms with Gasteiger partial charge in [0.05, 0.1) is 10.6 Å². The molecule has 0 aromatic heterocycles. The highest BCUT2D eigenvalue weighted by Gasteiger charge is 2.39. The number of aliphatic hydroxyl groups excluding tert-OH is 1. The Kier molecular flexibility index (Phi) is 4.24. The number of benzene rings is 1. The summed E-state index contributed by atoms with van der Waals surface area (Å²) in [4.78, 5) is 24.0. The standard InChI is InChI=1S/C12H12BrFN2O4/c13-8-2-1-6(3-9(8)14)15-12(20)16-5-7(17)4-10(16)11(18)19/h1-3,7,10,17H,4-5H2,(H,15,20)(H,18,19). The lowest BCUT2D eigenvalue weighted by Crippen LogP contribution is -2.43. The lowest BCUT2D eigenvalue weighted by atomic mass is 10.2. The van der Waals surface area contributed by atoms with Gasteiger partial charge in [-0.2, -0.15) is 0 Å². The molecule has 1 fully saturated rings. The molecule has 6 nitrogen and oxygen atoms in total. The number of halogens is 2. The Labute approximate surface area is 122 Å². The lowest BCUT2D eigenvalue weighted by Gasteiger charge is -2.21. The first kappa shape index (κ1) is 14.7. The summed E-state index contributed by atoms with van der Waals surface area (Å²) >= 11 is 2.99. The number of carboxylic acids is 1. The molecule has 1 aliphatic rings. The Bertz CT molecular complexity index is 554. The van der Waals surface area contributed by atoms with Crippen LogP contribution in [0.1, 0.15) is 6.42 Å². The van der Waals surface area contributed by atoms with Gasteiger partial charge in [-0.25, -0.2) is 14.0 Å². The molecule has 0 aliphatic carbocycles. The number of carbonyl (C=O) groups excluding carboxylic acids is 1. The van der Waals surface area contributed by atoms with E-state index in [1.165, 1.54) is 12.1 Å². The van der Waals surface area contributed by atoms with Gasteiger partial charge in [0.25, 0.3) is 0 Å². The van der Waals surface area contributed by atoms with Crippen LogP contribution in [-0.4, -0.2) is 45.8 Å². The number of aliphatic hydroxyl groups is 1. The molecule has 20 heavy (non-hydrogen) atoms. The first-order valence-electron chi connectivity index (χ1n) is 5.82. The smallest absolute Gasteiger partial charge is 0.326 e. The van der Waals surface area contributed by atoms with Crippen molar-refractivity contribution in [1.82, 2.24) is 4.90 Å². The average molecular weight is 347 g/mol. The largest absolute Gasteiger partial charge is 0.480 e. The fourth-order valence-electron chi connectivity index (χ4n) is 2.04. The molecular formula is C12H12BrFN2O4. The van der Waals surface area contributed by atoms with Crippen molar-refractivity contribution < 1.29 is 24.2 Å². The number of aliphatic carboxylic acids is 1. The van der Waals surface area contributed by atoms with Crippen LogP contribution in [0.25, 0.3) is 0 Å². The summed E-state index contributed by atoms with van der Waals surface area (Å²) in [5.41, 5.74) is 0.209. The first-order valence-corrected chi connectivity index (χ1v) is 6.61. The minimum atomic E-state index is -1.18. The molecule has 0 bridgehead atoms. The second-order valence-electron chi connectivity index (χ2n) is 4.45. The monoisotopic (exact) mass is 346 g/mol. The van der Waals surface area contributed by atoms with E-state index in [9.17, 15) is 19.1 Å². The number of carboxylic acid groups (broad SMARTS) is 1. The number of β-amino-alcohol motifs (C(OH)–C–C–N with tert-alkyl or cyclic N) is 1. The highest BCUT2D eigenvalue weighted by atomic mass is 79.9. The summed E-state index contributed by atoms with van der Waals surface area (Å²) in [6, 6.07) is 2.26. The van der Waals surface area contributed by atoms with E-state index in [4.69, 9.17) is 5.11 Å². The number of rotatable bonds is 2. The maximum absolute atomic E-state index is 13.3. The predicted molar refractivity (Wildman–Crippen MR) is 71.9 cm³/mol. The molecule has 2 rings (SSSR count). The minimum Gasteiger partial charge on any atom is -0.480 e. The number of anilines is 1. The quantitative estimate of drug-likeness (QED) is 0.759. The Morgan fingerprint density at radius 1 is 1.45 bits per heavy atom. The topological polar surface area (TPSA) is 89.9 Å². The van der Waals surface area contributed by atoms with Gasteiger partial charge in [-0.15, -0.1) is 0 Å². The van der Waals surface area contributed by atoms with Gasteiger partial charge in [-0.3, -0.25) is 0 Å². The van der Waals surface area contributed by atoms with Gasteiger partial charge in [-0.1, -0.05) is 0 Å². The van der Waals surface area contributed by atoms with Gasteiger partial charge in [0.2, 0.25) is 0 Å². The van der Waals surface area contributed by atoms with E-state index in [1.54, 1.807) is 0 Å². The van der Waals surface area contributed by atoms with Crippen LogP contribution in [0.15, 0.2) is 22.7 Å². The van der Waals surface area contributed by atoms with Crippen molar-refractivity contribution in [3.8, 4) is 0 Å². The van der Waals surface area contributed by atoms with Gasteiger partial charge in [0.1, 0.15) is 11.9 Å². The van der Waals surface area contributed by atoms with Crippen molar-refractivity contribution in [3.63, 3.8) is 0 Å². The number of likely N-dealkylation sites (tertiary alicyclic amines) is 1. The van der Waals surface area contributed by atoms with E-state index < -0.39 is 30.0 Å². The summed E-state index contributed by atoms with van der Waals surface area (Å²) in [5, 5.41) is 20.9. The summed E-state index contributed by atoms with van der Waals surface area (Å²) in [5.74, 6) is -1.72. The summed E-state index contributed by atoms with van der Waals surface area (Å²) in [6.07, 6.45) is -0.888. The molecule has 0 spiro atoms. The SMILES string of the molecule is O=C(O)C1CC(O)CN1C(=O)Nc1ccc(Br)c(F)c1. The van der Waals surface area contributed by atoms with Crippen LogP contribution >= 0.6 is 15.9 Å². The molecule has 0 saturated carbocycles. The van der Waals surface area contributed by atoms with Crippen LogP contribution in [-0.2, 0) is 4.79 Å². The third kappa shape index (κ3) is 3.07. The maximum Gasteiger partial charge on any atom is 0.326 e.